The van der Waals surface area contributed by atoms with E-state index in [4.69, 9.17) is 26.2 Å². The van der Waals surface area contributed by atoms with Crippen LogP contribution in [0.4, 0.5) is 0 Å². The van der Waals surface area contributed by atoms with Crippen LogP contribution in [0.2, 0.25) is 5.02 Å². The summed E-state index contributed by atoms with van der Waals surface area (Å²) in [6, 6.07) is 3.20. The molecule has 5 nitrogen and oxygen atoms in total. The summed E-state index contributed by atoms with van der Waals surface area (Å²) >= 11 is 6.13. The average Bonchev–Trinajstić information content (AvgIpc) is 2.38. The van der Waals surface area contributed by atoms with Gasteiger partial charge in [0.1, 0.15) is 0 Å². The minimum atomic E-state index is -0.726. The first-order chi connectivity index (χ1) is 9.67. The van der Waals surface area contributed by atoms with E-state index in [9.17, 15) is 4.79 Å². The fourth-order valence-corrected chi connectivity index (χ4v) is 1.96. The lowest BCUT2D eigenvalue weighted by atomic mass is 10.1. The number of amides is 1. The predicted molar refractivity (Wildman–Crippen MR) is 81.9 cm³/mol. The number of aliphatic hydroxyl groups is 1. The van der Waals surface area contributed by atoms with Gasteiger partial charge in [-0.05, 0) is 45.4 Å². The lowest BCUT2D eigenvalue weighted by molar-refractivity contribution is -0.128. The highest BCUT2D eigenvalue weighted by Gasteiger charge is 2.23. The number of carbonyl (C=O) groups is 1. The molecule has 0 aliphatic heterocycles. The molecule has 0 saturated carbocycles. The molecule has 1 rings (SSSR count). The van der Waals surface area contributed by atoms with Crippen molar-refractivity contribution in [3.05, 3.63) is 22.7 Å². The Bertz CT molecular complexity index is 511. The third kappa shape index (κ3) is 5.10. The van der Waals surface area contributed by atoms with Crippen LogP contribution in [0.5, 0.6) is 11.5 Å². The maximum Gasteiger partial charge on any atom is 0.261 e. The van der Waals surface area contributed by atoms with Crippen LogP contribution in [-0.2, 0) is 11.4 Å². The van der Waals surface area contributed by atoms with Crippen molar-refractivity contribution in [3.63, 3.8) is 0 Å². The highest BCUT2D eigenvalue weighted by atomic mass is 35.5. The summed E-state index contributed by atoms with van der Waals surface area (Å²) in [5, 5.41) is 12.3. The third-order valence-electron chi connectivity index (χ3n) is 2.63. The third-order valence-corrected chi connectivity index (χ3v) is 2.91. The maximum atomic E-state index is 12.0. The zero-order valence-electron chi connectivity index (χ0n) is 13.0. The molecule has 21 heavy (non-hydrogen) atoms. The number of benzene rings is 1. The lowest BCUT2D eigenvalue weighted by Crippen LogP contribution is -2.46. The van der Waals surface area contributed by atoms with Crippen LogP contribution < -0.4 is 14.8 Å². The van der Waals surface area contributed by atoms with E-state index in [1.165, 1.54) is 7.11 Å². The van der Waals surface area contributed by atoms with Crippen molar-refractivity contribution in [2.45, 2.75) is 45.9 Å². The zero-order valence-corrected chi connectivity index (χ0v) is 13.7. The summed E-state index contributed by atoms with van der Waals surface area (Å²) in [6.07, 6.45) is -0.726. The molecule has 0 saturated heterocycles. The van der Waals surface area contributed by atoms with Crippen molar-refractivity contribution in [1.29, 1.82) is 0 Å². The van der Waals surface area contributed by atoms with Gasteiger partial charge < -0.3 is 19.9 Å². The van der Waals surface area contributed by atoms with Crippen LogP contribution in [0.25, 0.3) is 0 Å². The average molecular weight is 316 g/mol. The Hall–Kier alpha value is -1.46. The summed E-state index contributed by atoms with van der Waals surface area (Å²) < 4.78 is 10.8. The zero-order chi connectivity index (χ0) is 16.2. The van der Waals surface area contributed by atoms with E-state index in [-0.39, 0.29) is 28.8 Å². The van der Waals surface area contributed by atoms with Gasteiger partial charge >= 0.3 is 0 Å². The summed E-state index contributed by atoms with van der Waals surface area (Å²) in [4.78, 5) is 12.0. The molecule has 1 aromatic carbocycles. The highest BCUT2D eigenvalue weighted by Crippen LogP contribution is 2.37. The van der Waals surface area contributed by atoms with Crippen molar-refractivity contribution >= 4 is 17.5 Å². The van der Waals surface area contributed by atoms with Crippen LogP contribution >= 0.6 is 11.6 Å². The van der Waals surface area contributed by atoms with Gasteiger partial charge in [-0.25, -0.2) is 0 Å². The SMILES string of the molecule is COc1cc(CO)cc(Cl)c1OC(C)C(=O)NC(C)(C)C. The van der Waals surface area contributed by atoms with Crippen LogP contribution in [0, 0.1) is 0 Å². The quantitative estimate of drug-likeness (QED) is 0.876. The monoisotopic (exact) mass is 315 g/mol. The number of nitrogens with one attached hydrogen (secondary N) is 1. The number of halogens is 1. The smallest absolute Gasteiger partial charge is 0.261 e. The van der Waals surface area contributed by atoms with Gasteiger partial charge in [-0.3, -0.25) is 4.79 Å². The molecule has 1 atom stereocenters. The van der Waals surface area contributed by atoms with Crippen molar-refractivity contribution in [2.75, 3.05) is 7.11 Å². The summed E-state index contributed by atoms with van der Waals surface area (Å²) in [7, 11) is 1.47. The minimum Gasteiger partial charge on any atom is -0.493 e. The molecule has 0 aromatic heterocycles. The second kappa shape index (κ2) is 7.00. The molecular formula is C15H22ClNO4. The van der Waals surface area contributed by atoms with Gasteiger partial charge in [0.15, 0.2) is 17.6 Å². The Morgan fingerprint density at radius 3 is 2.52 bits per heavy atom. The number of hydrogen-bond acceptors (Lipinski definition) is 4. The van der Waals surface area contributed by atoms with Gasteiger partial charge in [0.25, 0.3) is 5.91 Å². The van der Waals surface area contributed by atoms with Crippen molar-refractivity contribution in [2.24, 2.45) is 0 Å². The van der Waals surface area contributed by atoms with E-state index in [0.717, 1.165) is 0 Å². The molecule has 118 valence electrons. The molecule has 1 aromatic rings. The van der Waals surface area contributed by atoms with E-state index in [1.54, 1.807) is 19.1 Å². The molecule has 0 spiro atoms. The van der Waals surface area contributed by atoms with Gasteiger partial charge in [-0.1, -0.05) is 11.6 Å². The summed E-state index contributed by atoms with van der Waals surface area (Å²) in [5.41, 5.74) is 0.263. The normalized spacial score (nSPS) is 12.7. The Kier molecular flexibility index (Phi) is 5.87. The second-order valence-electron chi connectivity index (χ2n) is 5.77. The Morgan fingerprint density at radius 2 is 2.05 bits per heavy atom. The lowest BCUT2D eigenvalue weighted by Gasteiger charge is -2.24. The first kappa shape index (κ1) is 17.6. The van der Waals surface area contributed by atoms with Gasteiger partial charge in [-0.15, -0.1) is 0 Å². The van der Waals surface area contributed by atoms with Crippen LogP contribution in [-0.4, -0.2) is 29.8 Å². The number of hydrogen-bond donors (Lipinski definition) is 2. The van der Waals surface area contributed by atoms with E-state index in [1.807, 2.05) is 20.8 Å². The molecular weight excluding hydrogens is 294 g/mol. The fourth-order valence-electron chi connectivity index (χ4n) is 1.68. The number of ether oxygens (including phenoxy) is 2. The number of carbonyl (C=O) groups excluding carboxylic acids is 1. The summed E-state index contributed by atoms with van der Waals surface area (Å²) in [6.45, 7) is 7.15. The minimum absolute atomic E-state index is 0.156. The molecule has 0 aliphatic carbocycles. The number of methoxy groups -OCH3 is 1. The molecule has 0 radical (unpaired) electrons. The Balaban J connectivity index is 2.94. The molecule has 0 bridgehead atoms. The molecule has 0 aliphatic rings. The maximum absolute atomic E-state index is 12.0. The number of aliphatic hydroxyl groups excluding tert-OH is 1. The van der Waals surface area contributed by atoms with E-state index in [0.29, 0.717) is 11.3 Å². The van der Waals surface area contributed by atoms with Gasteiger partial charge in [0.2, 0.25) is 0 Å². The highest BCUT2D eigenvalue weighted by molar-refractivity contribution is 6.32. The topological polar surface area (TPSA) is 67.8 Å². The van der Waals surface area contributed by atoms with Gasteiger partial charge in [-0.2, -0.15) is 0 Å². The van der Waals surface area contributed by atoms with Gasteiger partial charge in [0, 0.05) is 5.54 Å². The van der Waals surface area contributed by atoms with E-state index < -0.39 is 6.10 Å². The van der Waals surface area contributed by atoms with E-state index in [2.05, 4.69) is 5.32 Å². The Morgan fingerprint density at radius 1 is 1.43 bits per heavy atom. The molecule has 0 heterocycles. The first-order valence-corrected chi connectivity index (χ1v) is 7.01. The van der Waals surface area contributed by atoms with E-state index >= 15 is 0 Å². The van der Waals surface area contributed by atoms with Crippen molar-refractivity contribution < 1.29 is 19.4 Å². The fraction of sp³-hybridized carbons (Fsp3) is 0.533. The van der Waals surface area contributed by atoms with Gasteiger partial charge in [0.05, 0.1) is 18.7 Å². The largest absolute Gasteiger partial charge is 0.493 e. The van der Waals surface area contributed by atoms with Crippen LogP contribution in [0.3, 0.4) is 0 Å². The summed E-state index contributed by atoms with van der Waals surface area (Å²) in [5.74, 6) is 0.418. The molecule has 0 fully saturated rings. The standard InChI is InChI=1S/C15H22ClNO4/c1-9(14(19)17-15(2,3)4)21-13-11(16)6-10(8-18)7-12(13)20-5/h6-7,9,18H,8H2,1-5H3,(H,17,19). The first-order valence-electron chi connectivity index (χ1n) is 6.64. The molecule has 1 unspecified atom stereocenters. The molecule has 2 N–H and O–H groups in total. The van der Waals surface area contributed by atoms with Crippen molar-refractivity contribution in [3.8, 4) is 11.5 Å². The predicted octanol–water partition coefficient (Wildman–Crippen LogP) is 2.52. The van der Waals surface area contributed by atoms with Crippen molar-refractivity contribution in [1.82, 2.24) is 5.32 Å². The Labute approximate surface area is 130 Å². The molecule has 1 amide bonds. The second-order valence-corrected chi connectivity index (χ2v) is 6.17. The van der Waals surface area contributed by atoms with Crippen LogP contribution in [0.15, 0.2) is 12.1 Å². The number of rotatable bonds is 5. The van der Waals surface area contributed by atoms with Crippen LogP contribution in [0.1, 0.15) is 33.3 Å². The molecule has 6 heteroatoms.